The lowest BCUT2D eigenvalue weighted by atomic mass is 10.2. The third-order valence-corrected chi connectivity index (χ3v) is 6.01. The number of ether oxygens (including phenoxy) is 3. The molecule has 3 rings (SSSR count). The van der Waals surface area contributed by atoms with Crippen LogP contribution in [-0.2, 0) is 10.0 Å². The predicted molar refractivity (Wildman–Crippen MR) is 130 cm³/mol. The van der Waals surface area contributed by atoms with Crippen LogP contribution in [-0.4, -0.2) is 34.9 Å². The average molecular weight is 474 g/mol. The maximum absolute atomic E-state index is 12.7. The largest absolute Gasteiger partial charge is 0.497 e. The van der Waals surface area contributed by atoms with Crippen molar-refractivity contribution >= 4 is 44.4 Å². The highest BCUT2D eigenvalue weighted by atomic mass is 32.2. The second-order valence-corrected chi connectivity index (χ2v) is 8.57. The zero-order chi connectivity index (χ0) is 23.1. The van der Waals surface area contributed by atoms with Crippen molar-refractivity contribution in [3.8, 4) is 17.2 Å². The number of nitrogens with one attached hydrogen (secondary N) is 3. The summed E-state index contributed by atoms with van der Waals surface area (Å²) in [6, 6.07) is 18.3. The summed E-state index contributed by atoms with van der Waals surface area (Å²) in [5.74, 6) is 1.67. The molecule has 0 fully saturated rings. The molecule has 0 aliphatic heterocycles. The van der Waals surface area contributed by atoms with Crippen LogP contribution in [0.3, 0.4) is 0 Å². The van der Waals surface area contributed by atoms with E-state index in [-0.39, 0.29) is 4.90 Å². The molecule has 0 spiro atoms. The van der Waals surface area contributed by atoms with Gasteiger partial charge in [0.1, 0.15) is 17.2 Å². The third-order valence-electron chi connectivity index (χ3n) is 4.43. The van der Waals surface area contributed by atoms with E-state index >= 15 is 0 Å². The van der Waals surface area contributed by atoms with Gasteiger partial charge in [0.15, 0.2) is 5.11 Å². The molecule has 8 nitrogen and oxygen atoms in total. The van der Waals surface area contributed by atoms with Crippen molar-refractivity contribution < 1.29 is 22.6 Å². The van der Waals surface area contributed by atoms with Crippen LogP contribution in [0.25, 0.3) is 0 Å². The average Bonchev–Trinajstić information content (AvgIpc) is 2.79. The Kier molecular flexibility index (Phi) is 7.39. The molecule has 168 valence electrons. The predicted octanol–water partition coefficient (Wildman–Crippen LogP) is 4.32. The van der Waals surface area contributed by atoms with E-state index in [9.17, 15) is 8.42 Å². The first-order chi connectivity index (χ1) is 15.4. The molecule has 32 heavy (non-hydrogen) atoms. The number of methoxy groups -OCH3 is 3. The van der Waals surface area contributed by atoms with Gasteiger partial charge in [-0.05, 0) is 60.7 Å². The van der Waals surface area contributed by atoms with Crippen molar-refractivity contribution in [3.05, 3.63) is 66.7 Å². The first kappa shape index (κ1) is 23.2. The topological polar surface area (TPSA) is 97.9 Å². The Labute approximate surface area is 192 Å². The van der Waals surface area contributed by atoms with E-state index in [1.807, 2.05) is 0 Å². The Morgan fingerprint density at radius 3 is 2.09 bits per heavy atom. The lowest BCUT2D eigenvalue weighted by Crippen LogP contribution is -2.19. The van der Waals surface area contributed by atoms with Crippen molar-refractivity contribution in [2.24, 2.45) is 0 Å². The number of hydrogen-bond acceptors (Lipinski definition) is 6. The molecule has 0 aliphatic rings. The Balaban J connectivity index is 1.70. The molecule has 0 atom stereocenters. The van der Waals surface area contributed by atoms with Crippen LogP contribution in [0.1, 0.15) is 0 Å². The van der Waals surface area contributed by atoms with Crippen LogP contribution in [0.15, 0.2) is 71.6 Å². The van der Waals surface area contributed by atoms with Crippen LogP contribution in [0.5, 0.6) is 17.2 Å². The number of sulfonamides is 1. The molecular formula is C22H23N3O5S2. The zero-order valence-electron chi connectivity index (χ0n) is 17.7. The van der Waals surface area contributed by atoms with Crippen molar-refractivity contribution in [3.63, 3.8) is 0 Å². The molecule has 0 aliphatic carbocycles. The summed E-state index contributed by atoms with van der Waals surface area (Å²) >= 11 is 5.36. The molecule has 0 saturated carbocycles. The van der Waals surface area contributed by atoms with Gasteiger partial charge in [0.2, 0.25) is 0 Å². The van der Waals surface area contributed by atoms with E-state index in [4.69, 9.17) is 26.4 Å². The second kappa shape index (κ2) is 10.2. The number of rotatable bonds is 8. The maximum Gasteiger partial charge on any atom is 0.262 e. The quantitative estimate of drug-likeness (QED) is 0.416. The van der Waals surface area contributed by atoms with Gasteiger partial charge in [-0.3, -0.25) is 4.72 Å². The van der Waals surface area contributed by atoms with Gasteiger partial charge in [-0.1, -0.05) is 12.1 Å². The highest BCUT2D eigenvalue weighted by Crippen LogP contribution is 2.29. The van der Waals surface area contributed by atoms with Gasteiger partial charge in [0, 0.05) is 11.8 Å². The first-order valence-corrected chi connectivity index (χ1v) is 11.3. The SMILES string of the molecule is COc1ccc(OC)c(NC(=S)Nc2ccc(S(=O)(=O)Nc3ccccc3OC)cc2)c1. The fraction of sp³-hybridized carbons (Fsp3) is 0.136. The van der Waals surface area contributed by atoms with E-state index in [2.05, 4.69) is 15.4 Å². The lowest BCUT2D eigenvalue weighted by molar-refractivity contribution is 0.405. The van der Waals surface area contributed by atoms with Crippen molar-refractivity contribution in [1.29, 1.82) is 0 Å². The summed E-state index contributed by atoms with van der Waals surface area (Å²) in [6.45, 7) is 0. The van der Waals surface area contributed by atoms with Gasteiger partial charge >= 0.3 is 0 Å². The van der Waals surface area contributed by atoms with Gasteiger partial charge in [-0.2, -0.15) is 0 Å². The minimum absolute atomic E-state index is 0.0994. The summed E-state index contributed by atoms with van der Waals surface area (Å²) in [4.78, 5) is 0.0994. The standard InChI is InChI=1S/C22H23N3O5S2/c1-28-16-10-13-21(30-3)19(14-16)24-22(31)23-15-8-11-17(12-9-15)32(26,27)25-18-6-4-5-7-20(18)29-2/h4-14,25H,1-3H3,(H2,23,24,31). The van der Waals surface area contributed by atoms with E-state index in [0.717, 1.165) is 0 Å². The number of para-hydroxylation sites is 2. The molecule has 0 bridgehead atoms. The zero-order valence-corrected chi connectivity index (χ0v) is 19.3. The summed E-state index contributed by atoms with van der Waals surface area (Å²) in [5.41, 5.74) is 1.60. The Morgan fingerprint density at radius 2 is 1.44 bits per heavy atom. The molecule has 0 amide bonds. The number of thiocarbonyl (C=S) groups is 1. The fourth-order valence-corrected chi connectivity index (χ4v) is 4.14. The Morgan fingerprint density at radius 1 is 0.781 bits per heavy atom. The van der Waals surface area contributed by atoms with Gasteiger partial charge in [0.25, 0.3) is 10.0 Å². The van der Waals surface area contributed by atoms with Crippen molar-refractivity contribution in [2.45, 2.75) is 4.90 Å². The van der Waals surface area contributed by atoms with E-state index in [1.54, 1.807) is 68.8 Å². The molecule has 0 aromatic heterocycles. The number of hydrogen-bond donors (Lipinski definition) is 3. The van der Waals surface area contributed by atoms with Crippen molar-refractivity contribution in [2.75, 3.05) is 36.7 Å². The summed E-state index contributed by atoms with van der Waals surface area (Å²) in [6.07, 6.45) is 0. The lowest BCUT2D eigenvalue weighted by Gasteiger charge is -2.15. The highest BCUT2D eigenvalue weighted by molar-refractivity contribution is 7.92. The van der Waals surface area contributed by atoms with Gasteiger partial charge in [0.05, 0.1) is 37.6 Å². The fourth-order valence-electron chi connectivity index (χ4n) is 2.85. The Bertz CT molecular complexity index is 1200. The monoisotopic (exact) mass is 473 g/mol. The molecule has 0 radical (unpaired) electrons. The molecular weight excluding hydrogens is 450 g/mol. The van der Waals surface area contributed by atoms with Gasteiger partial charge in [-0.15, -0.1) is 0 Å². The van der Waals surface area contributed by atoms with E-state index < -0.39 is 10.0 Å². The summed E-state index contributed by atoms with van der Waals surface area (Å²) in [5, 5.41) is 6.37. The summed E-state index contributed by atoms with van der Waals surface area (Å²) in [7, 11) is 0.812. The van der Waals surface area contributed by atoms with Crippen molar-refractivity contribution in [1.82, 2.24) is 0 Å². The molecule has 0 unspecified atom stereocenters. The van der Waals surface area contributed by atoms with Crippen LogP contribution < -0.4 is 29.6 Å². The molecule has 10 heteroatoms. The minimum atomic E-state index is -3.79. The second-order valence-electron chi connectivity index (χ2n) is 6.48. The Hall–Kier alpha value is -3.50. The van der Waals surface area contributed by atoms with E-state index in [1.165, 1.54) is 19.2 Å². The first-order valence-electron chi connectivity index (χ1n) is 9.42. The number of benzene rings is 3. The van der Waals surface area contributed by atoms with Crippen LogP contribution in [0.4, 0.5) is 17.1 Å². The summed E-state index contributed by atoms with van der Waals surface area (Å²) < 4.78 is 43.7. The molecule has 3 N–H and O–H groups in total. The van der Waals surface area contributed by atoms with Gasteiger partial charge in [-0.25, -0.2) is 8.42 Å². The highest BCUT2D eigenvalue weighted by Gasteiger charge is 2.16. The minimum Gasteiger partial charge on any atom is -0.497 e. The normalized spacial score (nSPS) is 10.7. The smallest absolute Gasteiger partial charge is 0.262 e. The molecule has 0 heterocycles. The van der Waals surface area contributed by atoms with E-state index in [0.29, 0.717) is 39.4 Å². The van der Waals surface area contributed by atoms with Crippen LogP contribution >= 0.6 is 12.2 Å². The number of anilines is 3. The molecule has 3 aromatic carbocycles. The molecule has 3 aromatic rings. The molecule has 0 saturated heterocycles. The maximum atomic E-state index is 12.7. The third kappa shape index (κ3) is 5.59. The van der Waals surface area contributed by atoms with Gasteiger partial charge < -0.3 is 24.8 Å². The van der Waals surface area contributed by atoms with Crippen LogP contribution in [0, 0.1) is 0 Å². The van der Waals surface area contributed by atoms with Crippen LogP contribution in [0.2, 0.25) is 0 Å².